The molecule has 190 valence electrons. The monoisotopic (exact) mass is 845 g/mol. The third-order valence-corrected chi connectivity index (χ3v) is 10.2. The second-order valence-corrected chi connectivity index (χ2v) is 12.5. The van der Waals surface area contributed by atoms with Gasteiger partial charge in [0, 0.05) is 25.5 Å². The predicted molar refractivity (Wildman–Crippen MR) is 144 cm³/mol. The van der Waals surface area contributed by atoms with Crippen molar-refractivity contribution in [1.29, 1.82) is 0 Å². The van der Waals surface area contributed by atoms with E-state index in [1.165, 1.54) is 15.9 Å². The number of hydrogen-bond acceptors (Lipinski definition) is 2. The molecule has 0 fully saturated rings. The molecule has 0 unspecified atom stereocenters. The van der Waals surface area contributed by atoms with Gasteiger partial charge in [0.15, 0.2) is 0 Å². The first-order valence-electron chi connectivity index (χ1n) is 10.4. The molecule has 1 atom stereocenters. The van der Waals surface area contributed by atoms with E-state index in [1.54, 1.807) is 0 Å². The fourth-order valence-electron chi connectivity index (χ4n) is 3.14. The predicted octanol–water partition coefficient (Wildman–Crippen LogP) is 0.807. The molecule has 0 bridgehead atoms. The van der Waals surface area contributed by atoms with E-state index in [0.717, 1.165) is 0 Å². The van der Waals surface area contributed by atoms with Gasteiger partial charge in [-0.3, -0.25) is 5.09 Å². The van der Waals surface area contributed by atoms with Gasteiger partial charge in [-0.25, -0.2) is 4.44 Å². The smallest absolute Gasteiger partial charge is 1.00 e. The van der Waals surface area contributed by atoms with Crippen LogP contribution in [0, 0.1) is 0 Å². The van der Waals surface area contributed by atoms with Crippen LogP contribution in [0.5, 0.6) is 0 Å². The van der Waals surface area contributed by atoms with Crippen LogP contribution >= 0.6 is 39.5 Å². The first kappa shape index (κ1) is 36.8. The number of alkyl halides is 2. The number of halogens is 4. The number of nitrogens with zero attached hydrogens (tertiary/aromatic N) is 1. The fraction of sp³-hybridized carbons (Fsp3) is 0.280. The van der Waals surface area contributed by atoms with Crippen LogP contribution in [-0.2, 0) is 21.1 Å². The third kappa shape index (κ3) is 11.8. The fourth-order valence-corrected chi connectivity index (χ4v) is 8.99. The normalized spacial score (nSPS) is 11.1. The Morgan fingerprint density at radius 3 is 1.29 bits per heavy atom. The Labute approximate surface area is 254 Å². The van der Waals surface area contributed by atoms with Crippen molar-refractivity contribution >= 4 is 55.4 Å². The van der Waals surface area contributed by atoms with Gasteiger partial charge in [-0.2, -0.15) is 0 Å². The van der Waals surface area contributed by atoms with Gasteiger partial charge >= 0.3 is 21.1 Å². The molecule has 0 saturated carbocycles. The van der Waals surface area contributed by atoms with Crippen LogP contribution in [0.25, 0.3) is 0 Å². The molecule has 0 aliphatic carbocycles. The standard InChI is InChI=1S/C24H30N2P2.CH2Cl2.2BrH.Pt/c1-20(2)25-28(24-18-12-7-13-19-24)26(21(3)4)27(22-14-8-5-9-15-22)23-16-10-6-11-17-23;2-1-3;;;/h5-21,25H,1-4H3;1H2;2*1H;/q;;;;+2/p-2/t28-;;;;/m1..../s1. The van der Waals surface area contributed by atoms with Crippen molar-refractivity contribution in [3.63, 3.8) is 0 Å². The minimum absolute atomic E-state index is 0. The van der Waals surface area contributed by atoms with Gasteiger partial charge in [0.2, 0.25) is 0 Å². The average molecular weight is 848 g/mol. The first-order valence-corrected chi connectivity index (χ1v) is 14.1. The van der Waals surface area contributed by atoms with Crippen LogP contribution in [0.1, 0.15) is 27.7 Å². The number of benzene rings is 3. The summed E-state index contributed by atoms with van der Waals surface area (Å²) in [4.78, 5) is 0. The van der Waals surface area contributed by atoms with Gasteiger partial charge in [-0.05, 0) is 38.3 Å². The molecule has 2 nitrogen and oxygen atoms in total. The van der Waals surface area contributed by atoms with Crippen LogP contribution in [-0.4, -0.2) is 21.9 Å². The van der Waals surface area contributed by atoms with Crippen molar-refractivity contribution in [2.24, 2.45) is 0 Å². The Balaban J connectivity index is 0. The van der Waals surface area contributed by atoms with Crippen molar-refractivity contribution in [3.05, 3.63) is 91.0 Å². The Morgan fingerprint density at radius 1 is 0.676 bits per heavy atom. The van der Waals surface area contributed by atoms with Crippen molar-refractivity contribution in [1.82, 2.24) is 9.53 Å². The zero-order valence-corrected chi connectivity index (χ0v) is 28.4. The van der Waals surface area contributed by atoms with E-state index in [0.29, 0.717) is 12.1 Å². The summed E-state index contributed by atoms with van der Waals surface area (Å²) in [5, 5.41) is 8.26. The first-order chi connectivity index (χ1) is 15.0. The Hall–Kier alpha value is 0.668. The van der Waals surface area contributed by atoms with Crippen LogP contribution in [0.2, 0.25) is 0 Å². The quantitative estimate of drug-likeness (QED) is 0.267. The second-order valence-electron chi connectivity index (χ2n) is 7.43. The summed E-state index contributed by atoms with van der Waals surface area (Å²) >= 11 is 9.53. The molecule has 0 amide bonds. The third-order valence-electron chi connectivity index (χ3n) is 4.25. The van der Waals surface area contributed by atoms with Crippen molar-refractivity contribution in [2.45, 2.75) is 39.8 Å². The maximum absolute atomic E-state index is 4.76. The number of hydrogen-bond donors (Lipinski definition) is 1. The molecular formula is C25H32Br2Cl2N2P2Pt. The SMILES string of the molecule is CC(C)N[P@@](c1ccccc1)N(C(C)C)P(c1ccccc1)c1ccccc1.ClCCl.[Br-].[Br-].[Pt+2]. The molecule has 1 N–H and O–H groups in total. The van der Waals surface area contributed by atoms with Crippen LogP contribution < -0.4 is 55.0 Å². The van der Waals surface area contributed by atoms with Crippen molar-refractivity contribution in [3.8, 4) is 0 Å². The zero-order valence-electron chi connectivity index (χ0n) is 19.7. The minimum Gasteiger partial charge on any atom is -1.00 e. The largest absolute Gasteiger partial charge is 2.00 e. The number of rotatable bonds is 8. The summed E-state index contributed by atoms with van der Waals surface area (Å²) in [7, 11) is -1.32. The second kappa shape index (κ2) is 20.7. The summed E-state index contributed by atoms with van der Waals surface area (Å²) in [6.07, 6.45) is 0. The van der Waals surface area contributed by atoms with E-state index in [2.05, 4.69) is 128 Å². The minimum atomic E-state index is -0.673. The van der Waals surface area contributed by atoms with Gasteiger partial charge in [-0.1, -0.05) is 91.0 Å². The van der Waals surface area contributed by atoms with Gasteiger partial charge < -0.3 is 34.0 Å². The van der Waals surface area contributed by atoms with Crippen molar-refractivity contribution in [2.75, 3.05) is 5.34 Å². The van der Waals surface area contributed by atoms with E-state index < -0.39 is 16.3 Å². The van der Waals surface area contributed by atoms with E-state index in [4.69, 9.17) is 23.2 Å². The van der Waals surface area contributed by atoms with E-state index in [1.807, 2.05) is 0 Å². The molecule has 3 rings (SSSR count). The van der Waals surface area contributed by atoms with Crippen molar-refractivity contribution < 1.29 is 55.0 Å². The maximum Gasteiger partial charge on any atom is 2.00 e. The summed E-state index contributed by atoms with van der Waals surface area (Å²) < 4.78 is 2.73. The topological polar surface area (TPSA) is 15.3 Å². The molecule has 0 spiro atoms. The van der Waals surface area contributed by atoms with E-state index in [9.17, 15) is 0 Å². The maximum atomic E-state index is 4.76. The molecule has 0 radical (unpaired) electrons. The van der Waals surface area contributed by atoms with Crippen LogP contribution in [0.4, 0.5) is 0 Å². The van der Waals surface area contributed by atoms with Crippen LogP contribution in [0.15, 0.2) is 91.0 Å². The van der Waals surface area contributed by atoms with Crippen LogP contribution in [0.3, 0.4) is 0 Å². The zero-order chi connectivity index (χ0) is 22.6. The molecule has 0 aliphatic heterocycles. The average Bonchev–Trinajstić information content (AvgIpc) is 2.78. The molecule has 0 heterocycles. The summed E-state index contributed by atoms with van der Waals surface area (Å²) in [6, 6.07) is 33.7. The molecular weight excluding hydrogens is 816 g/mol. The Kier molecular flexibility index (Phi) is 22.4. The Bertz CT molecular complexity index is 827. The van der Waals surface area contributed by atoms with E-state index in [-0.39, 0.29) is 60.4 Å². The van der Waals surface area contributed by atoms with Gasteiger partial charge in [0.05, 0.1) is 13.6 Å². The summed E-state index contributed by atoms with van der Waals surface area (Å²) in [5.74, 6) is 0. The van der Waals surface area contributed by atoms with Gasteiger partial charge in [0.1, 0.15) is 0 Å². The molecule has 3 aromatic rings. The van der Waals surface area contributed by atoms with Gasteiger partial charge in [-0.15, -0.1) is 23.2 Å². The summed E-state index contributed by atoms with van der Waals surface area (Å²) in [5.41, 5.74) is 0. The molecule has 0 aliphatic rings. The molecule has 34 heavy (non-hydrogen) atoms. The molecule has 3 aromatic carbocycles. The van der Waals surface area contributed by atoms with Gasteiger partial charge in [0.25, 0.3) is 0 Å². The molecule has 0 saturated heterocycles. The number of nitrogens with one attached hydrogen (secondary N) is 1. The van der Waals surface area contributed by atoms with E-state index >= 15 is 0 Å². The summed E-state index contributed by atoms with van der Waals surface area (Å²) in [6.45, 7) is 9.12. The Morgan fingerprint density at radius 2 is 1.00 bits per heavy atom. The molecule has 9 heteroatoms. The molecule has 0 aromatic heterocycles.